The van der Waals surface area contributed by atoms with Gasteiger partial charge >= 0.3 is 6.18 Å². The zero-order valence-corrected chi connectivity index (χ0v) is 12.4. The van der Waals surface area contributed by atoms with Gasteiger partial charge in [0.05, 0.1) is 5.56 Å². The van der Waals surface area contributed by atoms with Gasteiger partial charge in [-0.1, -0.05) is 20.3 Å². The van der Waals surface area contributed by atoms with Crippen LogP contribution in [0.3, 0.4) is 0 Å². The summed E-state index contributed by atoms with van der Waals surface area (Å²) in [6, 6.07) is 2.24. The van der Waals surface area contributed by atoms with Crippen LogP contribution in [-0.2, 0) is 6.18 Å². The summed E-state index contributed by atoms with van der Waals surface area (Å²) in [6.45, 7) is 5.49. The Bertz CT molecular complexity index is 446. The van der Waals surface area contributed by atoms with E-state index in [9.17, 15) is 17.6 Å². The van der Waals surface area contributed by atoms with Crippen molar-refractivity contribution in [2.24, 2.45) is 5.73 Å². The van der Waals surface area contributed by atoms with Crippen molar-refractivity contribution in [3.05, 3.63) is 35.1 Å². The highest BCUT2D eigenvalue weighted by molar-refractivity contribution is 5.29. The first-order chi connectivity index (χ1) is 9.83. The fourth-order valence-corrected chi connectivity index (χ4v) is 2.36. The third-order valence-corrected chi connectivity index (χ3v) is 3.50. The molecule has 0 aliphatic rings. The average Bonchev–Trinajstić information content (AvgIpc) is 2.41. The van der Waals surface area contributed by atoms with Crippen LogP contribution >= 0.6 is 0 Å². The minimum Gasteiger partial charge on any atom is -0.329 e. The quantitative estimate of drug-likeness (QED) is 0.772. The highest BCUT2D eigenvalue weighted by Gasteiger charge is 2.32. The number of nitrogens with two attached hydrogens (primary N) is 1. The van der Waals surface area contributed by atoms with Gasteiger partial charge in [0.1, 0.15) is 5.82 Å². The molecule has 1 rings (SSSR count). The summed E-state index contributed by atoms with van der Waals surface area (Å²) in [7, 11) is 0. The molecule has 0 bridgehead atoms. The first-order valence-electron chi connectivity index (χ1n) is 7.15. The molecule has 1 atom stereocenters. The summed E-state index contributed by atoms with van der Waals surface area (Å²) in [4.78, 5) is 1.98. The standard InChI is InChI=1S/C15H22F4N2/c1-3-5-6-21(4-2)14(10-20)11-7-12(15(17,18)19)9-13(16)8-11/h7-9,14H,3-6,10,20H2,1-2H3. The second-order valence-electron chi connectivity index (χ2n) is 5.00. The molecule has 2 N–H and O–H groups in total. The number of benzene rings is 1. The maximum atomic E-state index is 13.5. The van der Waals surface area contributed by atoms with Crippen molar-refractivity contribution in [2.45, 2.75) is 38.9 Å². The van der Waals surface area contributed by atoms with E-state index in [-0.39, 0.29) is 12.1 Å². The van der Waals surface area contributed by atoms with Gasteiger partial charge in [-0.25, -0.2) is 4.39 Å². The van der Waals surface area contributed by atoms with Crippen molar-refractivity contribution in [2.75, 3.05) is 19.6 Å². The van der Waals surface area contributed by atoms with E-state index in [1.807, 2.05) is 18.7 Å². The summed E-state index contributed by atoms with van der Waals surface area (Å²) in [5, 5.41) is 0. The minimum absolute atomic E-state index is 0.151. The first-order valence-corrected chi connectivity index (χ1v) is 7.15. The minimum atomic E-state index is -4.56. The SMILES string of the molecule is CCCCN(CC)C(CN)c1cc(F)cc(C(F)(F)F)c1. The van der Waals surface area contributed by atoms with Crippen LogP contribution in [0.15, 0.2) is 18.2 Å². The summed E-state index contributed by atoms with van der Waals surface area (Å²) >= 11 is 0. The number of hydrogen-bond donors (Lipinski definition) is 1. The maximum Gasteiger partial charge on any atom is 0.416 e. The Morgan fingerprint density at radius 1 is 1.19 bits per heavy atom. The highest BCUT2D eigenvalue weighted by Crippen LogP contribution is 2.32. The molecule has 0 aliphatic carbocycles. The molecule has 0 aliphatic heterocycles. The molecular formula is C15H22F4N2. The molecule has 1 unspecified atom stereocenters. The van der Waals surface area contributed by atoms with Crippen LogP contribution in [0.1, 0.15) is 43.9 Å². The van der Waals surface area contributed by atoms with Crippen LogP contribution in [0.4, 0.5) is 17.6 Å². The molecule has 0 heterocycles. The molecule has 0 radical (unpaired) electrons. The number of likely N-dealkylation sites (N-methyl/N-ethyl adjacent to an activating group) is 1. The number of hydrogen-bond acceptors (Lipinski definition) is 2. The third-order valence-electron chi connectivity index (χ3n) is 3.50. The van der Waals surface area contributed by atoms with Crippen molar-refractivity contribution < 1.29 is 17.6 Å². The van der Waals surface area contributed by atoms with Gasteiger partial charge < -0.3 is 5.73 Å². The second kappa shape index (κ2) is 7.75. The van der Waals surface area contributed by atoms with E-state index in [0.717, 1.165) is 31.5 Å². The Hall–Kier alpha value is -1.14. The number of rotatable bonds is 7. The molecule has 2 nitrogen and oxygen atoms in total. The van der Waals surface area contributed by atoms with Crippen LogP contribution < -0.4 is 5.73 Å². The lowest BCUT2D eigenvalue weighted by atomic mass is 10.0. The second-order valence-corrected chi connectivity index (χ2v) is 5.00. The monoisotopic (exact) mass is 306 g/mol. The van der Waals surface area contributed by atoms with Gasteiger partial charge in [-0.2, -0.15) is 13.2 Å². The zero-order valence-electron chi connectivity index (χ0n) is 12.4. The van der Waals surface area contributed by atoms with Gasteiger partial charge in [-0.3, -0.25) is 4.90 Å². The molecular weight excluding hydrogens is 284 g/mol. The predicted molar refractivity (Wildman–Crippen MR) is 75.4 cm³/mol. The predicted octanol–water partition coefficient (Wildman–Crippen LogP) is 3.97. The topological polar surface area (TPSA) is 29.3 Å². The Morgan fingerprint density at radius 3 is 2.33 bits per heavy atom. The largest absolute Gasteiger partial charge is 0.416 e. The lowest BCUT2D eigenvalue weighted by Crippen LogP contribution is -2.34. The molecule has 0 amide bonds. The molecule has 0 spiro atoms. The van der Waals surface area contributed by atoms with E-state index in [1.165, 1.54) is 0 Å². The Kier molecular flexibility index (Phi) is 6.61. The maximum absolute atomic E-state index is 13.5. The van der Waals surface area contributed by atoms with Gasteiger partial charge in [-0.05, 0) is 43.3 Å². The average molecular weight is 306 g/mol. The Morgan fingerprint density at radius 2 is 1.86 bits per heavy atom. The van der Waals surface area contributed by atoms with Gasteiger partial charge in [0.15, 0.2) is 0 Å². The molecule has 1 aromatic rings. The smallest absolute Gasteiger partial charge is 0.329 e. The van der Waals surface area contributed by atoms with Crippen LogP contribution in [0.25, 0.3) is 0 Å². The van der Waals surface area contributed by atoms with Crippen LogP contribution in [0.5, 0.6) is 0 Å². The molecule has 0 fully saturated rings. The molecule has 21 heavy (non-hydrogen) atoms. The lowest BCUT2D eigenvalue weighted by Gasteiger charge is -2.30. The summed E-state index contributed by atoms with van der Waals surface area (Å²) < 4.78 is 51.9. The van der Waals surface area contributed by atoms with Crippen molar-refractivity contribution in [1.29, 1.82) is 0 Å². The number of unbranched alkanes of at least 4 members (excludes halogenated alkanes) is 1. The molecule has 0 saturated heterocycles. The first kappa shape index (κ1) is 17.9. The third kappa shape index (κ3) is 4.97. The summed E-state index contributed by atoms with van der Waals surface area (Å²) in [5.41, 5.74) is 5.03. The van der Waals surface area contributed by atoms with E-state index in [0.29, 0.717) is 12.6 Å². The van der Waals surface area contributed by atoms with Crippen molar-refractivity contribution in [1.82, 2.24) is 4.90 Å². The molecule has 1 aromatic carbocycles. The van der Waals surface area contributed by atoms with E-state index in [2.05, 4.69) is 0 Å². The zero-order chi connectivity index (χ0) is 16.0. The van der Waals surface area contributed by atoms with Crippen LogP contribution in [0, 0.1) is 5.82 Å². The number of alkyl halides is 3. The molecule has 6 heteroatoms. The number of halogens is 4. The van der Waals surface area contributed by atoms with E-state index < -0.39 is 23.6 Å². The van der Waals surface area contributed by atoms with Crippen LogP contribution in [-0.4, -0.2) is 24.5 Å². The Balaban J connectivity index is 3.12. The fourth-order valence-electron chi connectivity index (χ4n) is 2.36. The molecule has 0 aromatic heterocycles. The van der Waals surface area contributed by atoms with Gasteiger partial charge in [0, 0.05) is 12.6 Å². The van der Waals surface area contributed by atoms with E-state index in [1.54, 1.807) is 0 Å². The van der Waals surface area contributed by atoms with Gasteiger partial charge in [0.25, 0.3) is 0 Å². The summed E-state index contributed by atoms with van der Waals surface area (Å²) in [6.07, 6.45) is -2.66. The molecule has 120 valence electrons. The van der Waals surface area contributed by atoms with Gasteiger partial charge in [0.2, 0.25) is 0 Å². The van der Waals surface area contributed by atoms with E-state index in [4.69, 9.17) is 5.73 Å². The van der Waals surface area contributed by atoms with Crippen molar-refractivity contribution >= 4 is 0 Å². The molecule has 0 saturated carbocycles. The number of nitrogens with zero attached hydrogens (tertiary/aromatic N) is 1. The normalized spacial score (nSPS) is 13.7. The van der Waals surface area contributed by atoms with E-state index >= 15 is 0 Å². The fraction of sp³-hybridized carbons (Fsp3) is 0.600. The highest BCUT2D eigenvalue weighted by atomic mass is 19.4. The van der Waals surface area contributed by atoms with Crippen molar-refractivity contribution in [3.63, 3.8) is 0 Å². The summed E-state index contributed by atoms with van der Waals surface area (Å²) in [5.74, 6) is -0.884. The van der Waals surface area contributed by atoms with Crippen LogP contribution in [0.2, 0.25) is 0 Å². The lowest BCUT2D eigenvalue weighted by molar-refractivity contribution is -0.137. The van der Waals surface area contributed by atoms with Gasteiger partial charge in [-0.15, -0.1) is 0 Å². The Labute approximate surface area is 122 Å². The van der Waals surface area contributed by atoms with Crippen molar-refractivity contribution in [3.8, 4) is 0 Å².